The van der Waals surface area contributed by atoms with E-state index in [1.807, 2.05) is 30.3 Å². The van der Waals surface area contributed by atoms with Crippen molar-refractivity contribution in [3.8, 4) is 0 Å². The minimum Gasteiger partial charge on any atom is -0.378 e. The van der Waals surface area contributed by atoms with Crippen LogP contribution in [0.4, 0.5) is 5.69 Å². The number of H-pyrrole nitrogens is 1. The van der Waals surface area contributed by atoms with Gasteiger partial charge in [0.2, 0.25) is 4.77 Å². The van der Waals surface area contributed by atoms with Gasteiger partial charge < -0.3 is 14.6 Å². The highest BCUT2D eigenvalue weighted by molar-refractivity contribution is 7.71. The predicted molar refractivity (Wildman–Crippen MR) is 106 cm³/mol. The van der Waals surface area contributed by atoms with Crippen molar-refractivity contribution in [1.29, 1.82) is 0 Å². The van der Waals surface area contributed by atoms with Crippen molar-refractivity contribution in [3.05, 3.63) is 69.2 Å². The summed E-state index contributed by atoms with van der Waals surface area (Å²) in [6.45, 7) is 3.31. The number of anilines is 1. The summed E-state index contributed by atoms with van der Waals surface area (Å²) in [5.41, 5.74) is 2.54. The molecule has 2 aromatic carbocycles. The Hall–Kier alpha value is -2.77. The smallest absolute Gasteiger partial charge is 0.282 e. The van der Waals surface area contributed by atoms with Crippen molar-refractivity contribution >= 4 is 35.0 Å². The third kappa shape index (κ3) is 3.31. The molecule has 4 rings (SSSR count). The van der Waals surface area contributed by atoms with E-state index in [2.05, 4.69) is 27.1 Å². The summed E-state index contributed by atoms with van der Waals surface area (Å²) in [4.78, 5) is 17.9. The first-order valence-corrected chi connectivity index (χ1v) is 8.84. The van der Waals surface area contributed by atoms with Crippen LogP contribution in [0.1, 0.15) is 5.56 Å². The molecule has 0 radical (unpaired) electrons. The minimum atomic E-state index is -0.231. The maximum atomic E-state index is 12.6. The molecule has 1 aromatic heterocycles. The number of fused-ring (bicyclic) bond motifs is 1. The van der Waals surface area contributed by atoms with Crippen LogP contribution < -0.4 is 10.5 Å². The monoisotopic (exact) mass is 366 g/mol. The van der Waals surface area contributed by atoms with Gasteiger partial charge >= 0.3 is 0 Å². The van der Waals surface area contributed by atoms with E-state index in [0.717, 1.165) is 37.6 Å². The molecule has 2 heterocycles. The molecule has 0 atom stereocenters. The van der Waals surface area contributed by atoms with Crippen LogP contribution >= 0.6 is 12.2 Å². The maximum Gasteiger partial charge on any atom is 0.282 e. The van der Waals surface area contributed by atoms with Crippen molar-refractivity contribution in [2.45, 2.75) is 0 Å². The van der Waals surface area contributed by atoms with Crippen molar-refractivity contribution < 1.29 is 4.74 Å². The minimum absolute atomic E-state index is 0.231. The SMILES string of the molecule is O=c1c2ccccc2[nH]c(=S)n1/N=C\c1ccc(N2CCOCC2)cc1. The van der Waals surface area contributed by atoms with E-state index in [0.29, 0.717) is 10.9 Å². The van der Waals surface area contributed by atoms with E-state index in [-0.39, 0.29) is 10.3 Å². The lowest BCUT2D eigenvalue weighted by Crippen LogP contribution is -2.36. The van der Waals surface area contributed by atoms with Gasteiger partial charge in [0.25, 0.3) is 5.56 Å². The fourth-order valence-corrected chi connectivity index (χ4v) is 3.22. The average molecular weight is 366 g/mol. The first-order valence-electron chi connectivity index (χ1n) is 8.43. The molecule has 0 unspecified atom stereocenters. The van der Waals surface area contributed by atoms with Crippen molar-refractivity contribution in [1.82, 2.24) is 9.66 Å². The number of ether oxygens (including phenoxy) is 1. The highest BCUT2D eigenvalue weighted by atomic mass is 32.1. The van der Waals surface area contributed by atoms with Crippen LogP contribution in [-0.2, 0) is 4.74 Å². The number of para-hydroxylation sites is 1. The van der Waals surface area contributed by atoms with Gasteiger partial charge in [0.15, 0.2) is 0 Å². The molecular formula is C19H18N4O2S. The Bertz CT molecular complexity index is 1060. The Kier molecular flexibility index (Phi) is 4.64. The lowest BCUT2D eigenvalue weighted by Gasteiger charge is -2.28. The standard InChI is InChI=1S/C19H18N4O2S/c24-18-16-3-1-2-4-17(16)21-19(26)23(18)20-13-14-5-7-15(8-6-14)22-9-11-25-12-10-22/h1-8,13H,9-12H2,(H,21,26)/b20-13-. The quantitative estimate of drug-likeness (QED) is 0.572. The van der Waals surface area contributed by atoms with Gasteiger partial charge in [-0.05, 0) is 42.0 Å². The number of nitrogens with zero attached hydrogens (tertiary/aromatic N) is 3. The largest absolute Gasteiger partial charge is 0.378 e. The van der Waals surface area contributed by atoms with Gasteiger partial charge in [-0.2, -0.15) is 9.78 Å². The Morgan fingerprint density at radius 2 is 1.81 bits per heavy atom. The molecular weight excluding hydrogens is 348 g/mol. The van der Waals surface area contributed by atoms with E-state index < -0.39 is 0 Å². The molecule has 132 valence electrons. The summed E-state index contributed by atoms with van der Waals surface area (Å²) in [6, 6.07) is 15.3. The lowest BCUT2D eigenvalue weighted by molar-refractivity contribution is 0.122. The second kappa shape index (κ2) is 7.23. The molecule has 1 saturated heterocycles. The van der Waals surface area contributed by atoms with E-state index in [1.54, 1.807) is 12.3 Å². The van der Waals surface area contributed by atoms with Gasteiger partial charge in [0.1, 0.15) is 0 Å². The summed E-state index contributed by atoms with van der Waals surface area (Å²) in [6.07, 6.45) is 1.64. The Balaban J connectivity index is 1.61. The number of hydrogen-bond donors (Lipinski definition) is 1. The zero-order valence-electron chi connectivity index (χ0n) is 14.1. The fourth-order valence-electron chi connectivity index (χ4n) is 2.98. The molecule has 1 aliphatic rings. The first-order chi connectivity index (χ1) is 12.7. The second-order valence-corrected chi connectivity index (χ2v) is 6.41. The normalized spacial score (nSPS) is 15.0. The highest BCUT2D eigenvalue weighted by Gasteiger charge is 2.10. The first kappa shape index (κ1) is 16.7. The zero-order valence-corrected chi connectivity index (χ0v) is 14.9. The molecule has 1 aliphatic heterocycles. The average Bonchev–Trinajstić information content (AvgIpc) is 2.69. The van der Waals surface area contributed by atoms with Crippen LogP contribution in [0.25, 0.3) is 10.9 Å². The summed E-state index contributed by atoms with van der Waals surface area (Å²) < 4.78 is 6.87. The molecule has 0 bridgehead atoms. The molecule has 6 nitrogen and oxygen atoms in total. The van der Waals surface area contributed by atoms with Crippen molar-refractivity contribution in [2.75, 3.05) is 31.2 Å². The zero-order chi connectivity index (χ0) is 17.9. The Morgan fingerprint density at radius 1 is 1.08 bits per heavy atom. The molecule has 1 N–H and O–H groups in total. The van der Waals surface area contributed by atoms with Crippen LogP contribution in [0, 0.1) is 4.77 Å². The summed E-state index contributed by atoms with van der Waals surface area (Å²) in [5, 5.41) is 4.83. The summed E-state index contributed by atoms with van der Waals surface area (Å²) in [7, 11) is 0. The van der Waals surface area contributed by atoms with Crippen LogP contribution in [0.5, 0.6) is 0 Å². The molecule has 0 saturated carbocycles. The van der Waals surface area contributed by atoms with Crippen molar-refractivity contribution in [3.63, 3.8) is 0 Å². The third-order valence-electron chi connectivity index (χ3n) is 4.38. The fraction of sp³-hybridized carbons (Fsp3) is 0.211. The van der Waals surface area contributed by atoms with Gasteiger partial charge in [-0.25, -0.2) is 0 Å². The number of nitrogens with one attached hydrogen (secondary N) is 1. The van der Waals surface area contributed by atoms with Gasteiger partial charge in [0.05, 0.1) is 30.3 Å². The molecule has 0 amide bonds. The van der Waals surface area contributed by atoms with Gasteiger partial charge in [-0.3, -0.25) is 4.79 Å². The van der Waals surface area contributed by atoms with Gasteiger partial charge in [0, 0.05) is 18.8 Å². The number of hydrogen-bond acceptors (Lipinski definition) is 5. The number of aromatic nitrogens is 2. The molecule has 7 heteroatoms. The van der Waals surface area contributed by atoms with Crippen LogP contribution in [0.3, 0.4) is 0 Å². The third-order valence-corrected chi connectivity index (χ3v) is 4.65. The molecule has 3 aromatic rings. The summed E-state index contributed by atoms with van der Waals surface area (Å²) in [5.74, 6) is 0. The van der Waals surface area contributed by atoms with Gasteiger partial charge in [-0.15, -0.1) is 0 Å². The van der Waals surface area contributed by atoms with E-state index in [9.17, 15) is 4.79 Å². The van der Waals surface area contributed by atoms with Crippen molar-refractivity contribution in [2.24, 2.45) is 5.10 Å². The van der Waals surface area contributed by atoms with Crippen LogP contribution in [-0.4, -0.2) is 42.2 Å². The maximum absolute atomic E-state index is 12.6. The van der Waals surface area contributed by atoms with E-state index in [1.165, 1.54) is 4.68 Å². The van der Waals surface area contributed by atoms with Gasteiger partial charge in [-0.1, -0.05) is 24.3 Å². The van der Waals surface area contributed by atoms with Crippen LogP contribution in [0.15, 0.2) is 58.4 Å². The second-order valence-electron chi connectivity index (χ2n) is 6.03. The van der Waals surface area contributed by atoms with E-state index in [4.69, 9.17) is 17.0 Å². The molecule has 26 heavy (non-hydrogen) atoms. The number of morpholine rings is 1. The number of rotatable bonds is 3. The molecule has 1 fully saturated rings. The molecule has 0 aliphatic carbocycles. The summed E-state index contributed by atoms with van der Waals surface area (Å²) >= 11 is 5.26. The Labute approximate surface area is 155 Å². The predicted octanol–water partition coefficient (Wildman–Crippen LogP) is 2.78. The lowest BCUT2D eigenvalue weighted by atomic mass is 10.2. The number of aromatic amines is 1. The highest BCUT2D eigenvalue weighted by Crippen LogP contribution is 2.16. The topological polar surface area (TPSA) is 62.6 Å². The molecule has 0 spiro atoms. The van der Waals surface area contributed by atoms with E-state index >= 15 is 0 Å². The Morgan fingerprint density at radius 3 is 2.58 bits per heavy atom. The number of benzene rings is 2. The van der Waals surface area contributed by atoms with Crippen LogP contribution in [0.2, 0.25) is 0 Å².